The molecule has 0 radical (unpaired) electrons. The smallest absolute Gasteiger partial charge is 0.407 e. The predicted molar refractivity (Wildman–Crippen MR) is 223 cm³/mol. The Morgan fingerprint density at radius 3 is 1.67 bits per heavy atom. The maximum Gasteiger partial charge on any atom is 0.407 e. The summed E-state index contributed by atoms with van der Waals surface area (Å²) >= 11 is 0. The van der Waals surface area contributed by atoms with Crippen LogP contribution in [0.4, 0.5) is 4.79 Å². The summed E-state index contributed by atoms with van der Waals surface area (Å²) in [7, 11) is 0. The molecule has 8 amide bonds. The average molecular weight is 913 g/mol. The maximum absolute atomic E-state index is 14.5. The molecule has 0 bridgehead atoms. The van der Waals surface area contributed by atoms with Gasteiger partial charge in [-0.15, -0.1) is 0 Å². The van der Waals surface area contributed by atoms with Crippen LogP contribution in [0.25, 0.3) is 0 Å². The minimum atomic E-state index is -1.59. The van der Waals surface area contributed by atoms with Crippen molar-refractivity contribution in [1.29, 1.82) is 0 Å². The lowest BCUT2D eigenvalue weighted by atomic mass is 9.98. The molecule has 24 heteroatoms. The minimum Gasteiger partial charge on any atom is -0.481 e. The lowest BCUT2D eigenvalue weighted by molar-refractivity contribution is -0.145. The quantitative estimate of drug-likeness (QED) is 0.0415. The number of amides is 8. The highest BCUT2D eigenvalue weighted by atomic mass is 16.5. The Hall–Kier alpha value is -6.36. The molecule has 0 aromatic carbocycles. The monoisotopic (exact) mass is 912 g/mol. The second kappa shape index (κ2) is 27.0. The fourth-order valence-electron chi connectivity index (χ4n) is 6.42. The van der Waals surface area contributed by atoms with Gasteiger partial charge in [0.15, 0.2) is 0 Å². The van der Waals surface area contributed by atoms with Crippen LogP contribution in [0.5, 0.6) is 0 Å². The summed E-state index contributed by atoms with van der Waals surface area (Å²) in [6.07, 6.45) is -2.77. The molecule has 1 rings (SSSR count). The Morgan fingerprint density at radius 1 is 0.656 bits per heavy atom. The van der Waals surface area contributed by atoms with Gasteiger partial charge in [-0.25, -0.2) is 4.79 Å². The van der Waals surface area contributed by atoms with Crippen LogP contribution in [0.3, 0.4) is 0 Å². The van der Waals surface area contributed by atoms with Gasteiger partial charge in [0, 0.05) is 26.3 Å². The minimum absolute atomic E-state index is 0.0197. The van der Waals surface area contributed by atoms with E-state index in [1.807, 2.05) is 19.2 Å². The lowest BCUT2D eigenvalue weighted by Gasteiger charge is -2.33. The normalized spacial score (nSPS) is 16.9. The molecular weight excluding hydrogens is 848 g/mol. The SMILES string of the molecule is CCC[C@H](NC(=O)[C@@H]1C[C@@H](NC(=O)OCC(C)C)CN1C(=O)[C@@H](NC(=O)[C@@H](NC(=O)[C@H](CCC(=O)O)NC(=O)[C@H](CCC(=O)O)NC(C)=O)C(C)C)C(C)C)C(=O)C(=O)NCC(=O)O. The van der Waals surface area contributed by atoms with Crippen molar-refractivity contribution in [3.05, 3.63) is 0 Å². The summed E-state index contributed by atoms with van der Waals surface area (Å²) in [6.45, 7) is 11.5. The van der Waals surface area contributed by atoms with Crippen molar-refractivity contribution in [1.82, 2.24) is 42.1 Å². The molecule has 1 heterocycles. The zero-order chi connectivity index (χ0) is 49.0. The topological polar surface area (TPSA) is 362 Å². The summed E-state index contributed by atoms with van der Waals surface area (Å²) in [5, 5.41) is 44.1. The van der Waals surface area contributed by atoms with E-state index in [2.05, 4.69) is 31.9 Å². The highest BCUT2D eigenvalue weighted by Crippen LogP contribution is 2.23. The van der Waals surface area contributed by atoms with E-state index in [0.717, 1.165) is 11.8 Å². The Labute approximate surface area is 370 Å². The molecule has 0 spiro atoms. The molecule has 7 atom stereocenters. The summed E-state index contributed by atoms with van der Waals surface area (Å²) in [5.74, 6) is -13.1. The molecule has 0 aliphatic carbocycles. The number of likely N-dealkylation sites (tertiary alicyclic amines) is 1. The molecule has 0 saturated carbocycles. The molecule has 360 valence electrons. The maximum atomic E-state index is 14.5. The van der Waals surface area contributed by atoms with Crippen molar-refractivity contribution in [2.75, 3.05) is 19.7 Å². The third-order valence-electron chi connectivity index (χ3n) is 9.69. The molecule has 24 nitrogen and oxygen atoms in total. The van der Waals surface area contributed by atoms with E-state index in [-0.39, 0.29) is 38.3 Å². The molecule has 1 saturated heterocycles. The third-order valence-corrected chi connectivity index (χ3v) is 9.69. The van der Waals surface area contributed by atoms with Gasteiger partial charge in [-0.1, -0.05) is 54.9 Å². The standard InChI is InChI=1S/C40H64N8O16/c1-9-10-24(33(56)38(61)41-16-30(54)55)44-36(59)27-15-23(43-40(63)64-18-19(2)3)17-48(27)39(62)32(21(6)7)47-37(60)31(20(4)5)46-35(58)26(12-14-29(52)53)45-34(57)25(42-22(8)49)11-13-28(50)51/h19-21,23-27,31-32H,9-18H2,1-8H3,(H,41,61)(H,42,49)(H,43,63)(H,44,59)(H,45,57)(H,46,58)(H,47,60)(H,50,51)(H,52,53)(H,54,55)/t23-,24+,25+,26+,27+,31+,32+/m1/s1. The summed E-state index contributed by atoms with van der Waals surface area (Å²) in [5.41, 5.74) is 0. The van der Waals surface area contributed by atoms with E-state index in [4.69, 9.17) is 14.9 Å². The van der Waals surface area contributed by atoms with E-state index in [0.29, 0.717) is 6.42 Å². The second-order valence-corrected chi connectivity index (χ2v) is 16.5. The lowest BCUT2D eigenvalue weighted by Crippen LogP contribution is -2.61. The molecular formula is C40H64N8O16. The van der Waals surface area contributed by atoms with E-state index in [9.17, 15) is 62.6 Å². The Bertz CT molecular complexity index is 1740. The van der Waals surface area contributed by atoms with Crippen molar-refractivity contribution in [3.8, 4) is 0 Å². The molecule has 1 aliphatic rings. The van der Waals surface area contributed by atoms with Gasteiger partial charge in [-0.3, -0.25) is 52.7 Å². The number of hydrogen-bond acceptors (Lipinski definition) is 13. The van der Waals surface area contributed by atoms with Gasteiger partial charge in [-0.05, 0) is 43.4 Å². The van der Waals surface area contributed by atoms with Crippen LogP contribution in [0.15, 0.2) is 0 Å². The van der Waals surface area contributed by atoms with Gasteiger partial charge in [0.2, 0.25) is 41.2 Å². The molecule has 64 heavy (non-hydrogen) atoms. The first-order valence-electron chi connectivity index (χ1n) is 21.0. The zero-order valence-corrected chi connectivity index (χ0v) is 37.4. The molecule has 0 aromatic rings. The number of ketones is 1. The number of carbonyl (C=O) groups is 12. The van der Waals surface area contributed by atoms with Crippen molar-refractivity contribution in [2.24, 2.45) is 17.8 Å². The Kier molecular flexibility index (Phi) is 23.4. The molecule has 1 fully saturated rings. The van der Waals surface area contributed by atoms with Crippen LogP contribution in [-0.2, 0) is 57.5 Å². The second-order valence-electron chi connectivity index (χ2n) is 16.5. The summed E-state index contributed by atoms with van der Waals surface area (Å²) < 4.78 is 5.21. The van der Waals surface area contributed by atoms with Crippen LogP contribution < -0.4 is 37.2 Å². The fourth-order valence-corrected chi connectivity index (χ4v) is 6.42. The number of aliphatic carboxylic acids is 3. The number of carboxylic acids is 3. The highest BCUT2D eigenvalue weighted by molar-refractivity contribution is 6.38. The van der Waals surface area contributed by atoms with Crippen molar-refractivity contribution in [3.63, 3.8) is 0 Å². The first-order valence-corrected chi connectivity index (χ1v) is 21.0. The van der Waals surface area contributed by atoms with Crippen molar-refractivity contribution in [2.45, 2.75) is 143 Å². The number of nitrogens with zero attached hydrogens (tertiary/aromatic N) is 1. The Balaban J connectivity index is 3.49. The number of carbonyl (C=O) groups excluding carboxylic acids is 9. The largest absolute Gasteiger partial charge is 0.481 e. The van der Waals surface area contributed by atoms with E-state index in [1.54, 1.807) is 34.6 Å². The average Bonchev–Trinajstić information content (AvgIpc) is 3.62. The molecule has 0 aromatic heterocycles. The summed E-state index contributed by atoms with van der Waals surface area (Å²) in [4.78, 5) is 154. The number of alkyl carbamates (subject to hydrolysis) is 1. The van der Waals surface area contributed by atoms with Crippen LogP contribution in [0.1, 0.15) is 100 Å². The number of ether oxygens (including phenoxy) is 1. The number of hydrogen-bond donors (Lipinski definition) is 10. The van der Waals surface area contributed by atoms with Crippen LogP contribution in [-0.4, -0.2) is 153 Å². The molecule has 1 aliphatic heterocycles. The van der Waals surface area contributed by atoms with E-state index >= 15 is 0 Å². The fraction of sp³-hybridized carbons (Fsp3) is 0.700. The van der Waals surface area contributed by atoms with Gasteiger partial charge >= 0.3 is 24.0 Å². The Morgan fingerprint density at radius 2 is 1.19 bits per heavy atom. The van der Waals surface area contributed by atoms with Crippen molar-refractivity contribution >= 4 is 71.1 Å². The number of carboxylic acid groups (broad SMARTS) is 3. The van der Waals surface area contributed by atoms with Gasteiger partial charge in [-0.2, -0.15) is 0 Å². The van der Waals surface area contributed by atoms with Crippen LogP contribution in [0.2, 0.25) is 0 Å². The molecule has 10 N–H and O–H groups in total. The zero-order valence-electron chi connectivity index (χ0n) is 37.4. The first kappa shape index (κ1) is 55.7. The van der Waals surface area contributed by atoms with Gasteiger partial charge in [0.05, 0.1) is 18.7 Å². The van der Waals surface area contributed by atoms with Crippen molar-refractivity contribution < 1.29 is 77.6 Å². The van der Waals surface area contributed by atoms with Gasteiger partial charge in [0.1, 0.15) is 36.8 Å². The predicted octanol–water partition coefficient (Wildman–Crippen LogP) is -1.61. The van der Waals surface area contributed by atoms with Gasteiger partial charge < -0.3 is 62.2 Å². The van der Waals surface area contributed by atoms with Crippen LogP contribution >= 0.6 is 0 Å². The number of rotatable bonds is 27. The summed E-state index contributed by atoms with van der Waals surface area (Å²) in [6, 6.07) is -9.49. The first-order chi connectivity index (χ1) is 29.8. The van der Waals surface area contributed by atoms with E-state index in [1.165, 1.54) is 0 Å². The van der Waals surface area contributed by atoms with Crippen LogP contribution in [0, 0.1) is 17.8 Å². The number of nitrogens with one attached hydrogen (secondary N) is 7. The molecule has 0 unspecified atom stereocenters. The third kappa shape index (κ3) is 19.4. The number of Topliss-reactive ketones (excluding diaryl/α,β-unsaturated/α-hetero) is 1. The van der Waals surface area contributed by atoms with Gasteiger partial charge in [0.25, 0.3) is 5.91 Å². The van der Waals surface area contributed by atoms with E-state index < -0.39 is 151 Å². The highest BCUT2D eigenvalue weighted by Gasteiger charge is 2.45.